The van der Waals surface area contributed by atoms with E-state index in [0.717, 1.165) is 15.7 Å². The Morgan fingerprint density at radius 1 is 1.15 bits per heavy atom. The van der Waals surface area contributed by atoms with E-state index in [-0.39, 0.29) is 5.91 Å². The number of carbonyl (C=O) groups excluding carboxylic acids is 1. The lowest BCUT2D eigenvalue weighted by atomic mass is 10.1. The van der Waals surface area contributed by atoms with Gasteiger partial charge in [0.15, 0.2) is 0 Å². The number of halogens is 1. The van der Waals surface area contributed by atoms with Crippen molar-refractivity contribution in [2.45, 2.75) is 0 Å². The molecule has 0 fully saturated rings. The van der Waals surface area contributed by atoms with Crippen molar-refractivity contribution in [3.8, 4) is 0 Å². The zero-order valence-electron chi connectivity index (χ0n) is 10.8. The van der Waals surface area contributed by atoms with E-state index in [1.54, 1.807) is 30.1 Å². The van der Waals surface area contributed by atoms with Crippen molar-refractivity contribution in [1.82, 2.24) is 0 Å². The van der Waals surface area contributed by atoms with E-state index in [0.29, 0.717) is 10.6 Å². The number of thiocarbonyl (C=S) groups is 1. The lowest BCUT2D eigenvalue weighted by Crippen LogP contribution is -2.26. The summed E-state index contributed by atoms with van der Waals surface area (Å²) in [5, 5.41) is 0. The highest BCUT2D eigenvalue weighted by molar-refractivity contribution is 9.10. The third kappa shape index (κ3) is 3.23. The van der Waals surface area contributed by atoms with Gasteiger partial charge in [-0.3, -0.25) is 4.79 Å². The van der Waals surface area contributed by atoms with Gasteiger partial charge in [0.2, 0.25) is 0 Å². The van der Waals surface area contributed by atoms with Gasteiger partial charge in [-0.15, -0.1) is 0 Å². The highest BCUT2D eigenvalue weighted by Gasteiger charge is 2.13. The zero-order chi connectivity index (χ0) is 14.7. The van der Waals surface area contributed by atoms with Crippen molar-refractivity contribution < 1.29 is 4.79 Å². The van der Waals surface area contributed by atoms with Crippen molar-refractivity contribution in [1.29, 1.82) is 0 Å². The lowest BCUT2D eigenvalue weighted by Gasteiger charge is -2.18. The molecule has 2 aromatic rings. The van der Waals surface area contributed by atoms with Crippen LogP contribution in [-0.4, -0.2) is 17.9 Å². The summed E-state index contributed by atoms with van der Waals surface area (Å²) in [5.74, 6) is -0.0856. The molecule has 0 saturated carbocycles. The molecule has 1 amide bonds. The van der Waals surface area contributed by atoms with Gasteiger partial charge < -0.3 is 10.6 Å². The molecule has 2 N–H and O–H groups in total. The minimum absolute atomic E-state index is 0.0856. The smallest absolute Gasteiger partial charge is 0.258 e. The van der Waals surface area contributed by atoms with E-state index in [2.05, 4.69) is 15.9 Å². The van der Waals surface area contributed by atoms with Crippen LogP contribution in [0.2, 0.25) is 0 Å². The first-order valence-corrected chi connectivity index (χ1v) is 7.12. The standard InChI is InChI=1S/C15H13BrN2OS/c1-18(13-4-2-3-11(9-13)14(17)20)15(19)10-5-7-12(16)8-6-10/h2-9H,1H3,(H2,17,20). The Balaban J connectivity index is 2.28. The number of anilines is 1. The molecule has 0 unspecified atom stereocenters. The van der Waals surface area contributed by atoms with Gasteiger partial charge in [-0.2, -0.15) is 0 Å². The molecule has 5 heteroatoms. The second kappa shape index (κ2) is 6.15. The van der Waals surface area contributed by atoms with E-state index in [9.17, 15) is 4.79 Å². The molecule has 0 spiro atoms. The predicted molar refractivity (Wildman–Crippen MR) is 89.2 cm³/mol. The molecule has 20 heavy (non-hydrogen) atoms. The molecule has 0 aliphatic carbocycles. The van der Waals surface area contributed by atoms with Gasteiger partial charge in [0, 0.05) is 28.3 Å². The van der Waals surface area contributed by atoms with E-state index in [1.165, 1.54) is 0 Å². The number of nitrogens with two attached hydrogens (primary N) is 1. The second-order valence-electron chi connectivity index (χ2n) is 4.29. The first-order chi connectivity index (χ1) is 9.49. The first-order valence-electron chi connectivity index (χ1n) is 5.92. The molecule has 0 aromatic heterocycles. The molecule has 3 nitrogen and oxygen atoms in total. The summed E-state index contributed by atoms with van der Waals surface area (Å²) in [6.07, 6.45) is 0. The summed E-state index contributed by atoms with van der Waals surface area (Å²) >= 11 is 8.30. The SMILES string of the molecule is CN(C(=O)c1ccc(Br)cc1)c1cccc(C(N)=S)c1. The number of nitrogens with zero attached hydrogens (tertiary/aromatic N) is 1. The molecule has 0 atom stereocenters. The van der Waals surface area contributed by atoms with Gasteiger partial charge in [-0.05, 0) is 36.4 Å². The fourth-order valence-corrected chi connectivity index (χ4v) is 2.16. The number of carbonyl (C=O) groups is 1. The van der Waals surface area contributed by atoms with Crippen molar-refractivity contribution in [3.05, 3.63) is 64.1 Å². The van der Waals surface area contributed by atoms with Crippen molar-refractivity contribution in [3.63, 3.8) is 0 Å². The van der Waals surface area contributed by atoms with Gasteiger partial charge in [0.05, 0.1) is 0 Å². The zero-order valence-corrected chi connectivity index (χ0v) is 13.2. The van der Waals surface area contributed by atoms with Crippen LogP contribution in [-0.2, 0) is 0 Å². The Morgan fingerprint density at radius 3 is 2.40 bits per heavy atom. The van der Waals surface area contributed by atoms with E-state index < -0.39 is 0 Å². The molecule has 0 bridgehead atoms. The third-order valence-electron chi connectivity index (χ3n) is 2.91. The molecule has 0 heterocycles. The van der Waals surface area contributed by atoms with Crippen LogP contribution in [0, 0.1) is 0 Å². The van der Waals surface area contributed by atoms with Crippen LogP contribution in [0.3, 0.4) is 0 Å². The maximum Gasteiger partial charge on any atom is 0.258 e. The van der Waals surface area contributed by atoms with Crippen LogP contribution in [0.4, 0.5) is 5.69 Å². The summed E-state index contributed by atoms with van der Waals surface area (Å²) < 4.78 is 0.937. The van der Waals surface area contributed by atoms with Gasteiger partial charge in [-0.1, -0.05) is 40.3 Å². The fourth-order valence-electron chi connectivity index (χ4n) is 1.77. The highest BCUT2D eigenvalue weighted by atomic mass is 79.9. The molecule has 0 radical (unpaired) electrons. The number of hydrogen-bond donors (Lipinski definition) is 1. The van der Waals surface area contributed by atoms with Crippen LogP contribution in [0.1, 0.15) is 15.9 Å². The molecule has 0 saturated heterocycles. The molecule has 0 aliphatic rings. The van der Waals surface area contributed by atoms with E-state index >= 15 is 0 Å². The maximum atomic E-state index is 12.4. The Labute approximate surface area is 131 Å². The van der Waals surface area contributed by atoms with Gasteiger partial charge in [0.1, 0.15) is 4.99 Å². The van der Waals surface area contributed by atoms with Crippen LogP contribution in [0.15, 0.2) is 53.0 Å². The topological polar surface area (TPSA) is 46.3 Å². The number of rotatable bonds is 3. The van der Waals surface area contributed by atoms with Crippen molar-refractivity contribution in [2.75, 3.05) is 11.9 Å². The summed E-state index contributed by atoms with van der Waals surface area (Å²) in [7, 11) is 1.73. The van der Waals surface area contributed by atoms with E-state index in [1.807, 2.05) is 30.3 Å². The van der Waals surface area contributed by atoms with Crippen LogP contribution < -0.4 is 10.6 Å². The minimum Gasteiger partial charge on any atom is -0.389 e. The van der Waals surface area contributed by atoms with Crippen molar-refractivity contribution in [2.24, 2.45) is 5.73 Å². The maximum absolute atomic E-state index is 12.4. The van der Waals surface area contributed by atoms with Gasteiger partial charge in [-0.25, -0.2) is 0 Å². The molecule has 2 rings (SSSR count). The first kappa shape index (κ1) is 14.7. The Bertz CT molecular complexity index is 655. The monoisotopic (exact) mass is 348 g/mol. The van der Waals surface area contributed by atoms with Crippen molar-refractivity contribution >= 4 is 44.7 Å². The average molecular weight is 349 g/mol. The normalized spacial score (nSPS) is 10.1. The minimum atomic E-state index is -0.0856. The summed E-state index contributed by atoms with van der Waals surface area (Å²) in [4.78, 5) is 14.3. The lowest BCUT2D eigenvalue weighted by molar-refractivity contribution is 0.0993. The quantitative estimate of drug-likeness (QED) is 0.865. The molecule has 102 valence electrons. The van der Waals surface area contributed by atoms with Crippen LogP contribution in [0.5, 0.6) is 0 Å². The Kier molecular flexibility index (Phi) is 4.52. The van der Waals surface area contributed by atoms with Crippen LogP contribution in [0.25, 0.3) is 0 Å². The van der Waals surface area contributed by atoms with E-state index in [4.69, 9.17) is 18.0 Å². The number of benzene rings is 2. The molecule has 0 aliphatic heterocycles. The number of amides is 1. The Morgan fingerprint density at radius 2 is 1.80 bits per heavy atom. The largest absolute Gasteiger partial charge is 0.389 e. The molecule has 2 aromatic carbocycles. The average Bonchev–Trinajstić information content (AvgIpc) is 2.46. The molecular formula is C15H13BrN2OS. The predicted octanol–water partition coefficient (Wildman–Crippen LogP) is 3.36. The Hall–Kier alpha value is -1.72. The second-order valence-corrected chi connectivity index (χ2v) is 5.64. The summed E-state index contributed by atoms with van der Waals surface area (Å²) in [6.45, 7) is 0. The molecular weight excluding hydrogens is 336 g/mol. The number of hydrogen-bond acceptors (Lipinski definition) is 2. The summed E-state index contributed by atoms with van der Waals surface area (Å²) in [5.41, 5.74) is 7.73. The fraction of sp³-hybridized carbons (Fsp3) is 0.0667. The van der Waals surface area contributed by atoms with Gasteiger partial charge in [0.25, 0.3) is 5.91 Å². The van der Waals surface area contributed by atoms with Gasteiger partial charge >= 0.3 is 0 Å². The summed E-state index contributed by atoms with van der Waals surface area (Å²) in [6, 6.07) is 14.5. The van der Waals surface area contributed by atoms with Crippen LogP contribution >= 0.6 is 28.1 Å². The highest BCUT2D eigenvalue weighted by Crippen LogP contribution is 2.18. The third-order valence-corrected chi connectivity index (χ3v) is 3.68.